The molecule has 0 spiro atoms. The van der Waals surface area contributed by atoms with Crippen LogP contribution in [0, 0.1) is 5.82 Å². The summed E-state index contributed by atoms with van der Waals surface area (Å²) in [6.07, 6.45) is -1.26. The molecule has 0 amide bonds. The Kier molecular flexibility index (Phi) is 5.05. The van der Waals surface area contributed by atoms with E-state index in [4.69, 9.17) is 16.3 Å². The van der Waals surface area contributed by atoms with Crippen LogP contribution in [0.2, 0.25) is 5.15 Å². The third kappa shape index (κ3) is 3.80. The molecule has 1 fully saturated rings. The molecule has 0 saturated carbocycles. The van der Waals surface area contributed by atoms with Crippen molar-refractivity contribution >= 4 is 40.3 Å². The van der Waals surface area contributed by atoms with Crippen molar-refractivity contribution in [2.45, 2.75) is 38.0 Å². The first-order chi connectivity index (χ1) is 11.7. The lowest BCUT2D eigenvalue weighted by molar-refractivity contribution is -0.0216. The van der Waals surface area contributed by atoms with Crippen LogP contribution in [0.25, 0.3) is 11.0 Å². The molecule has 1 aliphatic rings. The second kappa shape index (κ2) is 6.81. The van der Waals surface area contributed by atoms with Gasteiger partial charge in [0.1, 0.15) is 11.4 Å². The van der Waals surface area contributed by atoms with Crippen molar-refractivity contribution in [2.75, 3.05) is 13.2 Å². The number of hydrogen-bond donors (Lipinski definition) is 0. The second-order valence-electron chi connectivity index (χ2n) is 6.75. The minimum absolute atomic E-state index is 0.0422. The topological polar surface area (TPSA) is 39.4 Å². The molecule has 0 bridgehead atoms. The van der Waals surface area contributed by atoms with E-state index in [1.165, 1.54) is 6.20 Å². The van der Waals surface area contributed by atoms with Gasteiger partial charge in [0.15, 0.2) is 11.0 Å². The monoisotopic (exact) mass is 391 g/mol. The Morgan fingerprint density at radius 3 is 2.64 bits per heavy atom. The van der Waals surface area contributed by atoms with Gasteiger partial charge in [-0.15, -0.1) is 0 Å². The van der Waals surface area contributed by atoms with Crippen LogP contribution >= 0.6 is 23.5 Å². The standard InChI is InChI=1S/C16H17ClF3N3OS/c1-16(2,3)25-22-12(14(19)20)10-5-23(8-6-24-7-8)15-9(10)4-11(18)13(17)21-15/h4-5,8,14H,6-7H2,1-3H3/b22-12+. The minimum atomic E-state index is -2.80. The fraction of sp³-hybridized carbons (Fsp3) is 0.500. The van der Waals surface area contributed by atoms with Crippen LogP contribution in [0.3, 0.4) is 0 Å². The second-order valence-corrected chi connectivity index (χ2v) is 8.70. The number of nitrogens with zero attached hydrogens (tertiary/aromatic N) is 3. The van der Waals surface area contributed by atoms with Crippen LogP contribution in [-0.2, 0) is 4.74 Å². The summed E-state index contributed by atoms with van der Waals surface area (Å²) >= 11 is 6.84. The Labute approximate surface area is 152 Å². The molecule has 3 rings (SSSR count). The molecule has 1 aliphatic heterocycles. The van der Waals surface area contributed by atoms with Crippen molar-refractivity contribution in [3.8, 4) is 0 Å². The largest absolute Gasteiger partial charge is 0.377 e. The maximum atomic E-state index is 13.9. The Balaban J connectivity index is 2.18. The summed E-state index contributed by atoms with van der Waals surface area (Å²) in [6.45, 7) is 6.51. The molecule has 2 aromatic rings. The molecule has 1 saturated heterocycles. The number of aromatic nitrogens is 2. The number of halogens is 4. The molecule has 136 valence electrons. The SMILES string of the molecule is CC(C)(C)S/N=C(\c1cn(C2COC2)c2nc(Cl)c(F)cc12)C(F)F. The van der Waals surface area contributed by atoms with Gasteiger partial charge in [-0.2, -0.15) is 0 Å². The van der Waals surface area contributed by atoms with Crippen LogP contribution in [0.5, 0.6) is 0 Å². The van der Waals surface area contributed by atoms with E-state index in [-0.39, 0.29) is 26.9 Å². The number of fused-ring (bicyclic) bond motifs is 1. The lowest BCUT2D eigenvalue weighted by Crippen LogP contribution is -2.30. The molecular formula is C16H17ClF3N3OS. The molecule has 0 aliphatic carbocycles. The van der Waals surface area contributed by atoms with Gasteiger partial charge in [0, 0.05) is 21.9 Å². The molecule has 3 heterocycles. The highest BCUT2D eigenvalue weighted by molar-refractivity contribution is 7.99. The predicted molar refractivity (Wildman–Crippen MR) is 94.4 cm³/mol. The summed E-state index contributed by atoms with van der Waals surface area (Å²) in [5, 5.41) is -0.0272. The highest BCUT2D eigenvalue weighted by Gasteiger charge is 2.29. The van der Waals surface area contributed by atoms with Crippen molar-refractivity contribution in [1.82, 2.24) is 9.55 Å². The zero-order valence-electron chi connectivity index (χ0n) is 13.9. The third-order valence-electron chi connectivity index (χ3n) is 3.63. The summed E-state index contributed by atoms with van der Waals surface area (Å²) in [5.74, 6) is -0.755. The van der Waals surface area contributed by atoms with Gasteiger partial charge in [-0.3, -0.25) is 0 Å². The molecule has 4 nitrogen and oxygen atoms in total. The summed E-state index contributed by atoms with van der Waals surface area (Å²) in [4.78, 5) is 4.04. The molecule has 25 heavy (non-hydrogen) atoms. The van der Waals surface area contributed by atoms with E-state index in [0.29, 0.717) is 18.9 Å². The molecule has 0 radical (unpaired) electrons. The van der Waals surface area contributed by atoms with E-state index in [0.717, 1.165) is 18.0 Å². The summed E-state index contributed by atoms with van der Waals surface area (Å²) in [6, 6.07) is 1.09. The first kappa shape index (κ1) is 18.5. The maximum Gasteiger partial charge on any atom is 0.281 e. The van der Waals surface area contributed by atoms with Crippen molar-refractivity contribution < 1.29 is 17.9 Å². The zero-order chi connectivity index (χ0) is 18.4. The van der Waals surface area contributed by atoms with Gasteiger partial charge in [0.2, 0.25) is 0 Å². The molecule has 0 N–H and O–H groups in total. The summed E-state index contributed by atoms with van der Waals surface area (Å²) in [5.41, 5.74) is 0.118. The van der Waals surface area contributed by atoms with Crippen LogP contribution in [0.4, 0.5) is 13.2 Å². The first-order valence-corrected chi connectivity index (χ1v) is 8.81. The molecule has 0 unspecified atom stereocenters. The van der Waals surface area contributed by atoms with E-state index >= 15 is 0 Å². The first-order valence-electron chi connectivity index (χ1n) is 7.66. The van der Waals surface area contributed by atoms with E-state index < -0.39 is 18.0 Å². The van der Waals surface area contributed by atoms with Gasteiger partial charge >= 0.3 is 0 Å². The number of pyridine rings is 1. The average molecular weight is 392 g/mol. The lowest BCUT2D eigenvalue weighted by atomic mass is 10.1. The molecule has 0 aromatic carbocycles. The Hall–Kier alpha value is -1.25. The fourth-order valence-electron chi connectivity index (χ4n) is 2.38. The van der Waals surface area contributed by atoms with E-state index in [2.05, 4.69) is 9.38 Å². The van der Waals surface area contributed by atoms with Crippen LogP contribution < -0.4 is 0 Å². The Morgan fingerprint density at radius 1 is 1.44 bits per heavy atom. The molecular weight excluding hydrogens is 375 g/mol. The van der Waals surface area contributed by atoms with Crippen molar-refractivity contribution in [2.24, 2.45) is 4.40 Å². The van der Waals surface area contributed by atoms with Crippen molar-refractivity contribution in [3.05, 3.63) is 28.8 Å². The Bertz CT molecular complexity index is 828. The summed E-state index contributed by atoms with van der Waals surface area (Å²) in [7, 11) is 0. The molecule has 2 aromatic heterocycles. The van der Waals surface area contributed by atoms with Crippen LogP contribution in [0.15, 0.2) is 16.7 Å². The molecule has 0 atom stereocenters. The number of rotatable bonds is 4. The fourth-order valence-corrected chi connectivity index (χ4v) is 3.07. The van der Waals surface area contributed by atoms with Gasteiger partial charge < -0.3 is 9.30 Å². The van der Waals surface area contributed by atoms with E-state index in [1.807, 2.05) is 20.8 Å². The maximum absolute atomic E-state index is 13.9. The van der Waals surface area contributed by atoms with Gasteiger partial charge in [-0.05, 0) is 38.8 Å². The zero-order valence-corrected chi connectivity index (χ0v) is 15.5. The molecule has 9 heteroatoms. The van der Waals surface area contributed by atoms with Gasteiger partial charge in [0.25, 0.3) is 6.43 Å². The normalized spacial score (nSPS) is 16.7. The predicted octanol–water partition coefficient (Wildman–Crippen LogP) is 4.90. The third-order valence-corrected chi connectivity index (χ3v) is 4.73. The minimum Gasteiger partial charge on any atom is -0.377 e. The number of ether oxygens (including phenoxy) is 1. The van der Waals surface area contributed by atoms with E-state index in [9.17, 15) is 13.2 Å². The van der Waals surface area contributed by atoms with Crippen LogP contribution in [-0.4, -0.2) is 39.6 Å². The van der Waals surface area contributed by atoms with Gasteiger partial charge in [-0.25, -0.2) is 22.6 Å². The van der Waals surface area contributed by atoms with Gasteiger partial charge in [0.05, 0.1) is 19.3 Å². The van der Waals surface area contributed by atoms with Crippen molar-refractivity contribution in [1.29, 1.82) is 0 Å². The number of hydrogen-bond acceptors (Lipinski definition) is 4. The van der Waals surface area contributed by atoms with Gasteiger partial charge in [-0.1, -0.05) is 11.6 Å². The highest BCUT2D eigenvalue weighted by atomic mass is 35.5. The lowest BCUT2D eigenvalue weighted by Gasteiger charge is -2.27. The quantitative estimate of drug-likeness (QED) is 0.422. The van der Waals surface area contributed by atoms with E-state index in [1.54, 1.807) is 4.57 Å². The smallest absolute Gasteiger partial charge is 0.281 e. The van der Waals surface area contributed by atoms with Crippen molar-refractivity contribution in [3.63, 3.8) is 0 Å². The highest BCUT2D eigenvalue weighted by Crippen LogP contribution is 2.33. The average Bonchev–Trinajstić information content (AvgIpc) is 2.75. The van der Waals surface area contributed by atoms with Crippen LogP contribution in [0.1, 0.15) is 32.4 Å². The summed E-state index contributed by atoms with van der Waals surface area (Å²) < 4.78 is 51.8. The number of alkyl halides is 2. The Morgan fingerprint density at radius 2 is 2.12 bits per heavy atom.